The van der Waals surface area contributed by atoms with Crippen molar-refractivity contribution >= 4 is 23.0 Å². The molecule has 98 valence electrons. The van der Waals surface area contributed by atoms with Crippen LogP contribution in [-0.4, -0.2) is 30.1 Å². The van der Waals surface area contributed by atoms with E-state index in [1.165, 1.54) is 38.8 Å². The Morgan fingerprint density at radius 3 is 3.00 bits per heavy atom. The van der Waals surface area contributed by atoms with Gasteiger partial charge in [-0.1, -0.05) is 24.1 Å². The zero-order valence-electron chi connectivity index (χ0n) is 10.5. The quantitative estimate of drug-likeness (QED) is 0.808. The van der Waals surface area contributed by atoms with Crippen molar-refractivity contribution in [2.75, 3.05) is 24.1 Å². The fraction of sp³-hybridized carbons (Fsp3) is 0.571. The maximum absolute atomic E-state index is 6.06. The summed E-state index contributed by atoms with van der Waals surface area (Å²) in [6.07, 6.45) is 5.21. The highest BCUT2D eigenvalue weighted by atomic mass is 35.5. The molecule has 18 heavy (non-hydrogen) atoms. The average Bonchev–Trinajstić information content (AvgIpc) is 2.79. The third-order valence-electron chi connectivity index (χ3n) is 4.25. The molecule has 0 aliphatic carbocycles. The predicted octanol–water partition coefficient (Wildman–Crippen LogP) is 2.96. The van der Waals surface area contributed by atoms with E-state index in [2.05, 4.69) is 10.2 Å². The summed E-state index contributed by atoms with van der Waals surface area (Å²) in [5.74, 6) is 0. The Labute approximate surface area is 113 Å². The number of hydrogen-bond acceptors (Lipinski definition) is 3. The van der Waals surface area contributed by atoms with Crippen LogP contribution in [0.25, 0.3) is 0 Å². The molecular formula is C14H20ClN3. The molecule has 0 aromatic heterocycles. The number of halogens is 1. The minimum absolute atomic E-state index is 0.520. The summed E-state index contributed by atoms with van der Waals surface area (Å²) < 4.78 is 0. The van der Waals surface area contributed by atoms with E-state index in [1.807, 2.05) is 18.2 Å². The molecule has 2 fully saturated rings. The standard InChI is InChI=1S/C14H20ClN3/c15-10-4-3-5-12(14(10)16)17-11-7-9-18-8-2-1-6-13(11)18/h3-5,11,13,17H,1-2,6-9,16H2. The van der Waals surface area contributed by atoms with Gasteiger partial charge in [-0.3, -0.25) is 4.90 Å². The fourth-order valence-corrected chi connectivity index (χ4v) is 3.45. The lowest BCUT2D eigenvalue weighted by Gasteiger charge is -2.33. The number of nitrogens with two attached hydrogens (primary N) is 1. The van der Waals surface area contributed by atoms with E-state index in [1.54, 1.807) is 0 Å². The normalized spacial score (nSPS) is 28.1. The molecule has 0 radical (unpaired) electrons. The molecule has 2 unspecified atom stereocenters. The van der Waals surface area contributed by atoms with Gasteiger partial charge in [0.25, 0.3) is 0 Å². The lowest BCUT2D eigenvalue weighted by atomic mass is 9.99. The van der Waals surface area contributed by atoms with Gasteiger partial charge in [-0.2, -0.15) is 0 Å². The van der Waals surface area contributed by atoms with Gasteiger partial charge in [0.1, 0.15) is 0 Å². The Morgan fingerprint density at radius 1 is 1.22 bits per heavy atom. The Bertz CT molecular complexity index is 435. The maximum atomic E-state index is 6.06. The minimum atomic E-state index is 0.520. The van der Waals surface area contributed by atoms with Gasteiger partial charge in [0.2, 0.25) is 0 Å². The molecule has 2 saturated heterocycles. The molecule has 0 spiro atoms. The second kappa shape index (κ2) is 4.98. The summed E-state index contributed by atoms with van der Waals surface area (Å²) in [4.78, 5) is 2.61. The van der Waals surface area contributed by atoms with Gasteiger partial charge < -0.3 is 11.1 Å². The van der Waals surface area contributed by atoms with Crippen LogP contribution in [0.2, 0.25) is 5.02 Å². The first kappa shape index (κ1) is 12.1. The Hall–Kier alpha value is -0.930. The van der Waals surface area contributed by atoms with Crippen molar-refractivity contribution in [3.63, 3.8) is 0 Å². The molecule has 0 saturated carbocycles. The van der Waals surface area contributed by atoms with Crippen LogP contribution in [0.15, 0.2) is 18.2 Å². The van der Waals surface area contributed by atoms with Crippen molar-refractivity contribution in [3.05, 3.63) is 23.2 Å². The zero-order chi connectivity index (χ0) is 12.5. The van der Waals surface area contributed by atoms with E-state index in [0.29, 0.717) is 22.8 Å². The molecule has 2 heterocycles. The van der Waals surface area contributed by atoms with E-state index in [-0.39, 0.29) is 0 Å². The van der Waals surface area contributed by atoms with Gasteiger partial charge >= 0.3 is 0 Å². The third-order valence-corrected chi connectivity index (χ3v) is 4.58. The summed E-state index contributed by atoms with van der Waals surface area (Å²) in [6.45, 7) is 2.47. The lowest BCUT2D eigenvalue weighted by Crippen LogP contribution is -2.41. The first-order valence-corrected chi connectivity index (χ1v) is 7.18. The van der Waals surface area contributed by atoms with Crippen molar-refractivity contribution in [1.29, 1.82) is 0 Å². The average molecular weight is 266 g/mol. The first-order valence-electron chi connectivity index (χ1n) is 6.80. The molecule has 3 rings (SSSR count). The molecule has 2 atom stereocenters. The summed E-state index contributed by atoms with van der Waals surface area (Å²) >= 11 is 6.06. The molecule has 2 aliphatic rings. The monoisotopic (exact) mass is 265 g/mol. The van der Waals surface area contributed by atoms with Crippen molar-refractivity contribution in [2.24, 2.45) is 0 Å². The van der Waals surface area contributed by atoms with Crippen LogP contribution in [0.1, 0.15) is 25.7 Å². The van der Waals surface area contributed by atoms with Gasteiger partial charge in [0, 0.05) is 18.6 Å². The number of nitrogens with one attached hydrogen (secondary N) is 1. The van der Waals surface area contributed by atoms with E-state index < -0.39 is 0 Å². The molecule has 0 amide bonds. The van der Waals surface area contributed by atoms with Crippen LogP contribution in [0.4, 0.5) is 11.4 Å². The summed E-state index contributed by atoms with van der Waals surface area (Å²) in [5.41, 5.74) is 7.68. The van der Waals surface area contributed by atoms with Crippen molar-refractivity contribution < 1.29 is 0 Å². The molecule has 3 nitrogen and oxygen atoms in total. The number of fused-ring (bicyclic) bond motifs is 1. The second-order valence-corrected chi connectivity index (χ2v) is 5.75. The topological polar surface area (TPSA) is 41.3 Å². The lowest BCUT2D eigenvalue weighted by molar-refractivity contribution is 0.193. The highest BCUT2D eigenvalue weighted by molar-refractivity contribution is 6.33. The SMILES string of the molecule is Nc1c(Cl)cccc1NC1CCN2CCCCC12. The third kappa shape index (κ3) is 2.17. The Morgan fingerprint density at radius 2 is 2.11 bits per heavy atom. The van der Waals surface area contributed by atoms with Gasteiger partial charge in [-0.05, 0) is 37.9 Å². The molecule has 3 N–H and O–H groups in total. The molecule has 1 aromatic rings. The van der Waals surface area contributed by atoms with E-state index in [4.69, 9.17) is 17.3 Å². The number of nitrogen functional groups attached to an aromatic ring is 1. The number of benzene rings is 1. The maximum Gasteiger partial charge on any atom is 0.0739 e. The van der Waals surface area contributed by atoms with E-state index >= 15 is 0 Å². The molecule has 1 aromatic carbocycles. The van der Waals surface area contributed by atoms with E-state index in [9.17, 15) is 0 Å². The van der Waals surface area contributed by atoms with Gasteiger partial charge in [0.05, 0.1) is 16.4 Å². The van der Waals surface area contributed by atoms with Crippen LogP contribution in [0.5, 0.6) is 0 Å². The molecule has 2 aliphatic heterocycles. The van der Waals surface area contributed by atoms with Crippen molar-refractivity contribution in [1.82, 2.24) is 4.90 Å². The minimum Gasteiger partial charge on any atom is -0.396 e. The van der Waals surface area contributed by atoms with Crippen LogP contribution in [-0.2, 0) is 0 Å². The van der Waals surface area contributed by atoms with Crippen LogP contribution >= 0.6 is 11.6 Å². The molecular weight excluding hydrogens is 246 g/mol. The van der Waals surface area contributed by atoms with E-state index in [0.717, 1.165) is 5.69 Å². The summed E-state index contributed by atoms with van der Waals surface area (Å²) in [5, 5.41) is 4.24. The predicted molar refractivity (Wildman–Crippen MR) is 77.1 cm³/mol. The summed E-state index contributed by atoms with van der Waals surface area (Å²) in [6, 6.07) is 7.01. The highest BCUT2D eigenvalue weighted by Crippen LogP contribution is 2.32. The number of para-hydroxylation sites is 1. The Balaban J connectivity index is 1.74. The highest BCUT2D eigenvalue weighted by Gasteiger charge is 2.35. The number of nitrogens with zero attached hydrogens (tertiary/aromatic N) is 1. The van der Waals surface area contributed by atoms with Crippen LogP contribution < -0.4 is 11.1 Å². The smallest absolute Gasteiger partial charge is 0.0739 e. The van der Waals surface area contributed by atoms with Crippen LogP contribution in [0, 0.1) is 0 Å². The second-order valence-electron chi connectivity index (χ2n) is 5.34. The first-order chi connectivity index (χ1) is 8.75. The zero-order valence-corrected chi connectivity index (χ0v) is 11.3. The molecule has 0 bridgehead atoms. The van der Waals surface area contributed by atoms with Crippen molar-refractivity contribution in [2.45, 2.75) is 37.8 Å². The van der Waals surface area contributed by atoms with Gasteiger partial charge in [-0.25, -0.2) is 0 Å². The largest absolute Gasteiger partial charge is 0.396 e. The van der Waals surface area contributed by atoms with Crippen LogP contribution in [0.3, 0.4) is 0 Å². The number of anilines is 2. The Kier molecular flexibility index (Phi) is 3.35. The summed E-state index contributed by atoms with van der Waals surface area (Å²) in [7, 11) is 0. The van der Waals surface area contributed by atoms with Gasteiger partial charge in [0.15, 0.2) is 0 Å². The van der Waals surface area contributed by atoms with Gasteiger partial charge in [-0.15, -0.1) is 0 Å². The fourth-order valence-electron chi connectivity index (χ4n) is 3.28. The number of rotatable bonds is 2. The molecule has 4 heteroatoms. The van der Waals surface area contributed by atoms with Crippen molar-refractivity contribution in [3.8, 4) is 0 Å². The number of piperidine rings is 1. The number of hydrogen-bond donors (Lipinski definition) is 2.